The molecular weight excluding hydrogens is 429 g/mol. The number of nitrogens with two attached hydrogens (primary N) is 1. The van der Waals surface area contributed by atoms with Crippen LogP contribution in [0.4, 0.5) is 11.5 Å². The van der Waals surface area contributed by atoms with Crippen molar-refractivity contribution in [3.05, 3.63) is 54.2 Å². The van der Waals surface area contributed by atoms with Gasteiger partial charge in [-0.1, -0.05) is 18.2 Å². The zero-order valence-corrected chi connectivity index (χ0v) is 16.2. The standard InChI is InChI=1S/C18H21N5O.HI/c19-18(22-16-5-1-3-11-20-16)21-13-14-7-9-15(10-8-14)23-12-4-2-6-17(23)24;/h1,3,5,7-11H,2,4,6,12-13H2,(H3,19,20,21,22);1H. The summed E-state index contributed by atoms with van der Waals surface area (Å²) in [5, 5.41) is 2.94. The van der Waals surface area contributed by atoms with Crippen molar-refractivity contribution >= 4 is 47.3 Å². The highest BCUT2D eigenvalue weighted by atomic mass is 127. The maximum Gasteiger partial charge on any atom is 0.226 e. The Labute approximate surface area is 164 Å². The number of halogens is 1. The van der Waals surface area contributed by atoms with Gasteiger partial charge in [-0.2, -0.15) is 0 Å². The third-order valence-corrected chi connectivity index (χ3v) is 3.92. The fraction of sp³-hybridized carbons (Fsp3) is 0.278. The second-order valence-corrected chi connectivity index (χ2v) is 5.71. The first-order chi connectivity index (χ1) is 11.7. The Morgan fingerprint density at radius 2 is 2.00 bits per heavy atom. The maximum absolute atomic E-state index is 11.9. The molecule has 1 saturated heterocycles. The number of guanidine groups is 1. The Balaban J connectivity index is 0.00000225. The van der Waals surface area contributed by atoms with E-state index in [0.717, 1.165) is 30.6 Å². The zero-order chi connectivity index (χ0) is 16.8. The van der Waals surface area contributed by atoms with Gasteiger partial charge in [-0.15, -0.1) is 24.0 Å². The van der Waals surface area contributed by atoms with Gasteiger partial charge in [0.1, 0.15) is 5.82 Å². The quantitative estimate of drug-likeness (QED) is 0.425. The number of rotatable bonds is 4. The van der Waals surface area contributed by atoms with Crippen LogP contribution in [-0.2, 0) is 11.3 Å². The van der Waals surface area contributed by atoms with Crippen molar-refractivity contribution in [1.82, 2.24) is 4.98 Å². The molecule has 1 fully saturated rings. The van der Waals surface area contributed by atoms with Gasteiger partial charge in [0.15, 0.2) is 5.96 Å². The minimum Gasteiger partial charge on any atom is -0.370 e. The summed E-state index contributed by atoms with van der Waals surface area (Å²) in [6, 6.07) is 13.4. The number of pyridine rings is 1. The zero-order valence-electron chi connectivity index (χ0n) is 13.9. The van der Waals surface area contributed by atoms with E-state index in [4.69, 9.17) is 5.73 Å². The van der Waals surface area contributed by atoms with Crippen molar-refractivity contribution < 1.29 is 4.79 Å². The number of benzene rings is 1. The monoisotopic (exact) mass is 451 g/mol. The number of hydrogen-bond donors (Lipinski definition) is 2. The largest absolute Gasteiger partial charge is 0.370 e. The molecule has 3 rings (SSSR count). The molecular formula is C18H22IN5O. The molecule has 1 aromatic heterocycles. The topological polar surface area (TPSA) is 83.6 Å². The number of aromatic nitrogens is 1. The van der Waals surface area contributed by atoms with E-state index in [1.54, 1.807) is 6.20 Å². The number of aliphatic imine (C=N–C) groups is 1. The highest BCUT2D eigenvalue weighted by molar-refractivity contribution is 14.0. The van der Waals surface area contributed by atoms with E-state index in [2.05, 4.69) is 15.3 Å². The van der Waals surface area contributed by atoms with Crippen LogP contribution in [-0.4, -0.2) is 23.4 Å². The van der Waals surface area contributed by atoms with Gasteiger partial charge in [0.05, 0.1) is 6.54 Å². The smallest absolute Gasteiger partial charge is 0.226 e. The summed E-state index contributed by atoms with van der Waals surface area (Å²) in [5.74, 6) is 1.19. The summed E-state index contributed by atoms with van der Waals surface area (Å²) in [4.78, 5) is 22.2. The number of amides is 1. The fourth-order valence-corrected chi connectivity index (χ4v) is 2.64. The molecule has 2 heterocycles. The number of nitrogens with zero attached hydrogens (tertiary/aromatic N) is 3. The van der Waals surface area contributed by atoms with Crippen LogP contribution in [0, 0.1) is 0 Å². The maximum atomic E-state index is 11.9. The summed E-state index contributed by atoms with van der Waals surface area (Å²) in [6.07, 6.45) is 4.39. The van der Waals surface area contributed by atoms with Crippen molar-refractivity contribution in [2.24, 2.45) is 10.7 Å². The lowest BCUT2D eigenvalue weighted by Gasteiger charge is -2.26. The Morgan fingerprint density at radius 1 is 1.20 bits per heavy atom. The van der Waals surface area contributed by atoms with E-state index < -0.39 is 0 Å². The van der Waals surface area contributed by atoms with Crippen LogP contribution in [0.2, 0.25) is 0 Å². The van der Waals surface area contributed by atoms with Gasteiger partial charge in [0.2, 0.25) is 5.91 Å². The highest BCUT2D eigenvalue weighted by Crippen LogP contribution is 2.21. The average Bonchev–Trinajstić information content (AvgIpc) is 2.62. The van der Waals surface area contributed by atoms with Crippen LogP contribution in [0.3, 0.4) is 0 Å². The van der Waals surface area contributed by atoms with Crippen molar-refractivity contribution in [2.45, 2.75) is 25.8 Å². The Bertz CT molecular complexity index is 718. The minimum atomic E-state index is 0. The van der Waals surface area contributed by atoms with E-state index >= 15 is 0 Å². The SMILES string of the molecule is I.NC(=NCc1ccc(N2CCCCC2=O)cc1)Nc1ccccn1. The van der Waals surface area contributed by atoms with Gasteiger partial charge in [-0.25, -0.2) is 9.98 Å². The summed E-state index contributed by atoms with van der Waals surface area (Å²) in [6.45, 7) is 1.27. The molecule has 6 nitrogen and oxygen atoms in total. The second-order valence-electron chi connectivity index (χ2n) is 5.71. The molecule has 0 atom stereocenters. The van der Waals surface area contributed by atoms with Crippen LogP contribution >= 0.6 is 24.0 Å². The summed E-state index contributed by atoms with van der Waals surface area (Å²) < 4.78 is 0. The van der Waals surface area contributed by atoms with E-state index in [1.165, 1.54) is 0 Å². The Kier molecular flexibility index (Phi) is 7.17. The van der Waals surface area contributed by atoms with Gasteiger partial charge in [-0.3, -0.25) is 4.79 Å². The van der Waals surface area contributed by atoms with Crippen LogP contribution in [0.25, 0.3) is 0 Å². The predicted octanol–water partition coefficient (Wildman–Crippen LogP) is 3.14. The molecule has 1 amide bonds. The molecule has 25 heavy (non-hydrogen) atoms. The van der Waals surface area contributed by atoms with Gasteiger partial charge in [-0.05, 0) is 42.7 Å². The first-order valence-corrected chi connectivity index (χ1v) is 8.10. The number of hydrogen-bond acceptors (Lipinski definition) is 3. The molecule has 0 radical (unpaired) electrons. The Hall–Kier alpha value is -2.16. The molecule has 0 aliphatic carbocycles. The number of carbonyl (C=O) groups excluding carboxylic acids is 1. The number of piperidine rings is 1. The molecule has 3 N–H and O–H groups in total. The summed E-state index contributed by atoms with van der Waals surface area (Å²) in [7, 11) is 0. The van der Waals surface area contributed by atoms with Crippen molar-refractivity contribution in [3.63, 3.8) is 0 Å². The van der Waals surface area contributed by atoms with Crippen LogP contribution in [0.1, 0.15) is 24.8 Å². The van der Waals surface area contributed by atoms with Crippen LogP contribution < -0.4 is 16.0 Å². The molecule has 1 aromatic carbocycles. The molecule has 1 aliphatic heterocycles. The van der Waals surface area contributed by atoms with Gasteiger partial charge >= 0.3 is 0 Å². The predicted molar refractivity (Wildman–Crippen MR) is 111 cm³/mol. The lowest BCUT2D eigenvalue weighted by atomic mass is 10.1. The Morgan fingerprint density at radius 3 is 2.68 bits per heavy atom. The molecule has 132 valence electrons. The number of carbonyl (C=O) groups is 1. The molecule has 7 heteroatoms. The van der Waals surface area contributed by atoms with Gasteiger partial charge < -0.3 is 16.0 Å². The van der Waals surface area contributed by atoms with Gasteiger partial charge in [0, 0.05) is 24.8 Å². The first kappa shape index (κ1) is 19.2. The third-order valence-electron chi connectivity index (χ3n) is 3.92. The molecule has 1 aliphatic rings. The summed E-state index contributed by atoms with van der Waals surface area (Å²) >= 11 is 0. The van der Waals surface area contributed by atoms with Crippen molar-refractivity contribution in [1.29, 1.82) is 0 Å². The second kappa shape index (κ2) is 9.36. The molecule has 0 saturated carbocycles. The fourth-order valence-electron chi connectivity index (χ4n) is 2.64. The molecule has 0 spiro atoms. The average molecular weight is 451 g/mol. The van der Waals surface area contributed by atoms with Crippen molar-refractivity contribution in [2.75, 3.05) is 16.8 Å². The molecule has 0 unspecified atom stereocenters. The first-order valence-electron chi connectivity index (χ1n) is 8.10. The lowest BCUT2D eigenvalue weighted by Crippen LogP contribution is -2.35. The molecule has 2 aromatic rings. The van der Waals surface area contributed by atoms with E-state index in [-0.39, 0.29) is 29.9 Å². The number of anilines is 2. The summed E-state index contributed by atoms with van der Waals surface area (Å²) in [5.41, 5.74) is 7.85. The van der Waals surface area contributed by atoms with E-state index in [9.17, 15) is 4.79 Å². The van der Waals surface area contributed by atoms with E-state index in [1.807, 2.05) is 47.4 Å². The van der Waals surface area contributed by atoms with Crippen molar-refractivity contribution in [3.8, 4) is 0 Å². The van der Waals surface area contributed by atoms with Crippen LogP contribution in [0.15, 0.2) is 53.7 Å². The lowest BCUT2D eigenvalue weighted by molar-refractivity contribution is -0.119. The van der Waals surface area contributed by atoms with Crippen LogP contribution in [0.5, 0.6) is 0 Å². The third kappa shape index (κ3) is 5.42. The molecule has 0 bridgehead atoms. The van der Waals surface area contributed by atoms with Gasteiger partial charge in [0.25, 0.3) is 0 Å². The van der Waals surface area contributed by atoms with E-state index in [0.29, 0.717) is 24.7 Å². The minimum absolute atomic E-state index is 0. The normalized spacial score (nSPS) is 14.8. The number of nitrogens with one attached hydrogen (secondary N) is 1. The highest BCUT2D eigenvalue weighted by Gasteiger charge is 2.19.